The summed E-state index contributed by atoms with van der Waals surface area (Å²) in [5.41, 5.74) is 3.98. The van der Waals surface area contributed by atoms with E-state index in [1.54, 1.807) is 51.0 Å². The Kier molecular flexibility index (Phi) is 7.08. The number of nitrogens with zero attached hydrogens (tertiary/aromatic N) is 1. The van der Waals surface area contributed by atoms with E-state index in [0.29, 0.717) is 36.6 Å². The molecule has 1 amide bonds. The summed E-state index contributed by atoms with van der Waals surface area (Å²) >= 11 is 1.65. The van der Waals surface area contributed by atoms with Crippen molar-refractivity contribution in [1.29, 1.82) is 0 Å². The first-order valence-electron chi connectivity index (χ1n) is 9.16. The topological polar surface area (TPSA) is 69.7 Å². The maximum Gasteiger partial charge on any atom is 0.220 e. The Morgan fingerprint density at radius 3 is 2.41 bits per heavy atom. The zero-order chi connectivity index (χ0) is 20.6. The molecule has 0 atom stereocenters. The number of carbonyl (C=O) groups excluding carboxylic acids is 1. The van der Waals surface area contributed by atoms with Gasteiger partial charge in [0.25, 0.3) is 0 Å². The van der Waals surface area contributed by atoms with Crippen LogP contribution in [-0.4, -0.2) is 32.2 Å². The van der Waals surface area contributed by atoms with Crippen LogP contribution in [-0.2, 0) is 17.8 Å². The fourth-order valence-electron chi connectivity index (χ4n) is 3.02. The van der Waals surface area contributed by atoms with Crippen molar-refractivity contribution >= 4 is 17.2 Å². The molecule has 2 aromatic heterocycles. The van der Waals surface area contributed by atoms with E-state index in [2.05, 4.69) is 21.7 Å². The molecule has 0 aliphatic heterocycles. The van der Waals surface area contributed by atoms with Crippen molar-refractivity contribution < 1.29 is 19.0 Å². The highest BCUT2D eigenvalue weighted by molar-refractivity contribution is 7.08. The highest BCUT2D eigenvalue weighted by atomic mass is 32.1. The Morgan fingerprint density at radius 2 is 1.79 bits per heavy atom. The molecule has 0 unspecified atom stereocenters. The predicted octanol–water partition coefficient (Wildman–Crippen LogP) is 4.08. The van der Waals surface area contributed by atoms with Crippen molar-refractivity contribution in [3.63, 3.8) is 0 Å². The van der Waals surface area contributed by atoms with Gasteiger partial charge in [0.15, 0.2) is 0 Å². The molecule has 3 rings (SSSR count). The lowest BCUT2D eigenvalue weighted by molar-refractivity contribution is -0.121. The van der Waals surface area contributed by atoms with Gasteiger partial charge in [0.2, 0.25) is 5.91 Å². The van der Waals surface area contributed by atoms with Gasteiger partial charge >= 0.3 is 0 Å². The monoisotopic (exact) mass is 412 g/mol. The zero-order valence-electron chi connectivity index (χ0n) is 16.7. The number of amides is 1. The average molecular weight is 413 g/mol. The first kappa shape index (κ1) is 20.7. The van der Waals surface area contributed by atoms with Crippen LogP contribution in [0.2, 0.25) is 0 Å². The number of pyridine rings is 1. The zero-order valence-corrected chi connectivity index (χ0v) is 17.5. The Bertz CT molecular complexity index is 932. The maximum absolute atomic E-state index is 12.4. The molecule has 0 radical (unpaired) electrons. The molecule has 3 aromatic rings. The van der Waals surface area contributed by atoms with E-state index in [4.69, 9.17) is 14.2 Å². The van der Waals surface area contributed by atoms with Crippen molar-refractivity contribution in [2.75, 3.05) is 21.3 Å². The number of hydrogen-bond donors (Lipinski definition) is 1. The molecule has 152 valence electrons. The second-order valence-electron chi connectivity index (χ2n) is 6.38. The van der Waals surface area contributed by atoms with Crippen molar-refractivity contribution in [2.45, 2.75) is 19.4 Å². The lowest BCUT2D eigenvalue weighted by Crippen LogP contribution is -2.23. The van der Waals surface area contributed by atoms with Crippen LogP contribution < -0.4 is 19.5 Å². The number of carbonyl (C=O) groups is 1. The van der Waals surface area contributed by atoms with Crippen LogP contribution in [0.3, 0.4) is 0 Å². The van der Waals surface area contributed by atoms with Gasteiger partial charge in [-0.1, -0.05) is 0 Å². The predicted molar refractivity (Wildman–Crippen MR) is 114 cm³/mol. The first-order chi connectivity index (χ1) is 14.1. The fraction of sp³-hybridized carbons (Fsp3) is 0.273. The number of rotatable bonds is 9. The molecule has 7 heteroatoms. The summed E-state index contributed by atoms with van der Waals surface area (Å²) in [7, 11) is 4.76. The summed E-state index contributed by atoms with van der Waals surface area (Å²) in [6.07, 6.45) is 4.41. The van der Waals surface area contributed by atoms with E-state index in [1.165, 1.54) is 0 Å². The average Bonchev–Trinajstić information content (AvgIpc) is 3.30. The van der Waals surface area contributed by atoms with Crippen molar-refractivity contribution in [3.05, 3.63) is 58.5 Å². The van der Waals surface area contributed by atoms with Gasteiger partial charge in [0.1, 0.15) is 17.2 Å². The highest BCUT2D eigenvalue weighted by Crippen LogP contribution is 2.34. The van der Waals surface area contributed by atoms with Crippen LogP contribution in [0.1, 0.15) is 17.5 Å². The number of hydrogen-bond acceptors (Lipinski definition) is 6. The summed E-state index contributed by atoms with van der Waals surface area (Å²) < 4.78 is 16.1. The largest absolute Gasteiger partial charge is 0.496 e. The molecule has 0 spiro atoms. The van der Waals surface area contributed by atoms with Gasteiger partial charge in [-0.15, -0.1) is 0 Å². The molecule has 29 heavy (non-hydrogen) atoms. The van der Waals surface area contributed by atoms with Gasteiger partial charge in [-0.25, -0.2) is 0 Å². The van der Waals surface area contributed by atoms with E-state index >= 15 is 0 Å². The number of methoxy groups -OCH3 is 3. The third kappa shape index (κ3) is 5.26. The molecule has 0 fully saturated rings. The van der Waals surface area contributed by atoms with E-state index < -0.39 is 0 Å². The van der Waals surface area contributed by atoms with E-state index in [1.807, 2.05) is 17.6 Å². The summed E-state index contributed by atoms with van der Waals surface area (Å²) in [5, 5.41) is 7.07. The molecule has 0 saturated carbocycles. The minimum Gasteiger partial charge on any atom is -0.496 e. The molecular weight excluding hydrogens is 388 g/mol. The van der Waals surface area contributed by atoms with Crippen LogP contribution in [0.15, 0.2) is 47.4 Å². The number of thiophene rings is 1. The van der Waals surface area contributed by atoms with E-state index in [0.717, 1.165) is 22.3 Å². The van der Waals surface area contributed by atoms with Gasteiger partial charge in [-0.05, 0) is 40.4 Å². The second kappa shape index (κ2) is 9.93. The van der Waals surface area contributed by atoms with Gasteiger partial charge in [-0.3, -0.25) is 9.78 Å². The normalized spacial score (nSPS) is 10.4. The summed E-state index contributed by atoms with van der Waals surface area (Å²) in [4.78, 5) is 16.7. The SMILES string of the molecule is COc1cc(OC)c(CCC(=O)NCc2cncc(-c3ccsc3)c2)c(OC)c1. The van der Waals surface area contributed by atoms with Crippen molar-refractivity contribution in [3.8, 4) is 28.4 Å². The van der Waals surface area contributed by atoms with Gasteiger partial charge in [-0.2, -0.15) is 11.3 Å². The molecule has 1 N–H and O–H groups in total. The number of nitrogens with one attached hydrogen (secondary N) is 1. The van der Waals surface area contributed by atoms with Gasteiger partial charge in [0, 0.05) is 48.6 Å². The molecule has 6 nitrogen and oxygen atoms in total. The van der Waals surface area contributed by atoms with Crippen LogP contribution in [0, 0.1) is 0 Å². The number of ether oxygens (including phenoxy) is 3. The summed E-state index contributed by atoms with van der Waals surface area (Å²) in [6.45, 7) is 0.431. The smallest absolute Gasteiger partial charge is 0.220 e. The Labute approximate surface area is 174 Å². The number of aromatic nitrogens is 1. The van der Waals surface area contributed by atoms with E-state index in [-0.39, 0.29) is 5.91 Å². The lowest BCUT2D eigenvalue weighted by Gasteiger charge is -2.15. The van der Waals surface area contributed by atoms with Crippen molar-refractivity contribution in [2.24, 2.45) is 0 Å². The minimum absolute atomic E-state index is 0.0501. The van der Waals surface area contributed by atoms with E-state index in [9.17, 15) is 4.79 Å². The molecule has 0 bridgehead atoms. The Balaban J connectivity index is 1.60. The first-order valence-corrected chi connectivity index (χ1v) is 10.1. The van der Waals surface area contributed by atoms with Crippen LogP contribution in [0.4, 0.5) is 0 Å². The summed E-state index contributed by atoms with van der Waals surface area (Å²) in [6, 6.07) is 7.68. The quantitative estimate of drug-likeness (QED) is 0.573. The van der Waals surface area contributed by atoms with Crippen LogP contribution in [0.25, 0.3) is 11.1 Å². The third-order valence-electron chi connectivity index (χ3n) is 4.56. The molecule has 0 aliphatic carbocycles. The standard InChI is InChI=1S/C22H24N2O4S/c1-26-18-9-20(27-2)19(21(10-18)28-3)4-5-22(25)24-12-15-8-17(13-23-11-15)16-6-7-29-14-16/h6-11,13-14H,4-5,12H2,1-3H3,(H,24,25). The van der Waals surface area contributed by atoms with Crippen molar-refractivity contribution in [1.82, 2.24) is 10.3 Å². The second-order valence-corrected chi connectivity index (χ2v) is 7.16. The summed E-state index contributed by atoms with van der Waals surface area (Å²) in [5.74, 6) is 1.87. The Hall–Kier alpha value is -3.06. The minimum atomic E-state index is -0.0501. The third-order valence-corrected chi connectivity index (χ3v) is 5.24. The van der Waals surface area contributed by atoms with Gasteiger partial charge in [0.05, 0.1) is 21.3 Å². The molecule has 1 aromatic carbocycles. The highest BCUT2D eigenvalue weighted by Gasteiger charge is 2.15. The number of benzene rings is 1. The molecular formula is C22H24N2O4S. The molecule has 0 saturated heterocycles. The molecule has 0 aliphatic rings. The lowest BCUT2D eigenvalue weighted by atomic mass is 10.1. The fourth-order valence-corrected chi connectivity index (χ4v) is 3.69. The van der Waals surface area contributed by atoms with Crippen LogP contribution in [0.5, 0.6) is 17.2 Å². The Morgan fingerprint density at radius 1 is 1.03 bits per heavy atom. The molecule has 2 heterocycles. The maximum atomic E-state index is 12.4. The van der Waals surface area contributed by atoms with Crippen LogP contribution >= 0.6 is 11.3 Å². The van der Waals surface area contributed by atoms with Gasteiger partial charge < -0.3 is 19.5 Å².